The van der Waals surface area contributed by atoms with Gasteiger partial charge in [-0.1, -0.05) is 18.2 Å². The third-order valence-corrected chi connectivity index (χ3v) is 5.02. The van der Waals surface area contributed by atoms with Crippen molar-refractivity contribution in [2.45, 2.75) is 19.1 Å². The quantitative estimate of drug-likeness (QED) is 0.469. The van der Waals surface area contributed by atoms with Gasteiger partial charge in [0.25, 0.3) is 0 Å². The van der Waals surface area contributed by atoms with Gasteiger partial charge in [-0.25, -0.2) is 9.18 Å². The molecule has 31 heavy (non-hydrogen) atoms. The number of H-pyrrole nitrogens is 1. The fourth-order valence-electron chi connectivity index (χ4n) is 3.57. The molecule has 0 radical (unpaired) electrons. The van der Waals surface area contributed by atoms with E-state index < -0.39 is 23.7 Å². The minimum Gasteiger partial charge on any atom is -0.467 e. The number of methoxy groups -OCH3 is 1. The Morgan fingerprint density at radius 2 is 2.16 bits per heavy atom. The molecule has 0 saturated heterocycles. The molecule has 8 heteroatoms. The number of aromatic amines is 1. The average Bonchev–Trinajstić information content (AvgIpc) is 3.19. The number of hydrogen-bond donors (Lipinski definition) is 2. The van der Waals surface area contributed by atoms with E-state index in [0.717, 1.165) is 16.5 Å². The Kier molecular flexibility index (Phi) is 5.99. The summed E-state index contributed by atoms with van der Waals surface area (Å²) in [7, 11) is 1.27. The van der Waals surface area contributed by atoms with Crippen LogP contribution in [-0.2, 0) is 32.1 Å². The molecule has 1 unspecified atom stereocenters. The molecule has 0 bridgehead atoms. The Hall–Kier alpha value is -3.65. The molecule has 1 aliphatic rings. The van der Waals surface area contributed by atoms with Crippen molar-refractivity contribution in [3.63, 3.8) is 0 Å². The number of hydrogen-bond acceptors (Lipinski definition) is 5. The van der Waals surface area contributed by atoms with Crippen molar-refractivity contribution in [3.8, 4) is 5.75 Å². The Labute approximate surface area is 177 Å². The fraction of sp³-hybridized carbons (Fsp3) is 0.217. The van der Waals surface area contributed by atoms with Gasteiger partial charge in [-0.15, -0.1) is 0 Å². The van der Waals surface area contributed by atoms with Crippen molar-refractivity contribution in [3.05, 3.63) is 71.2 Å². The predicted molar refractivity (Wildman–Crippen MR) is 112 cm³/mol. The lowest BCUT2D eigenvalue weighted by Crippen LogP contribution is -2.42. The van der Waals surface area contributed by atoms with E-state index in [4.69, 9.17) is 14.2 Å². The number of aromatic nitrogens is 1. The number of nitrogens with one attached hydrogen (secondary N) is 2. The van der Waals surface area contributed by atoms with Gasteiger partial charge < -0.3 is 24.5 Å². The van der Waals surface area contributed by atoms with E-state index in [1.807, 2.05) is 24.3 Å². The van der Waals surface area contributed by atoms with Gasteiger partial charge in [-0.05, 0) is 29.8 Å². The monoisotopic (exact) mass is 424 g/mol. The van der Waals surface area contributed by atoms with Crippen LogP contribution in [-0.4, -0.2) is 36.8 Å². The Morgan fingerprint density at radius 1 is 1.32 bits per heavy atom. The van der Waals surface area contributed by atoms with Gasteiger partial charge in [-0.3, -0.25) is 4.79 Å². The number of esters is 1. The molecule has 1 aliphatic heterocycles. The van der Waals surface area contributed by atoms with Crippen molar-refractivity contribution < 1.29 is 28.2 Å². The number of carbonyl (C=O) groups excluding carboxylic acids is 2. The first-order valence-electron chi connectivity index (χ1n) is 9.69. The van der Waals surface area contributed by atoms with E-state index >= 15 is 0 Å². The van der Waals surface area contributed by atoms with Gasteiger partial charge in [0.15, 0.2) is 6.79 Å². The molecule has 2 aromatic carbocycles. The van der Waals surface area contributed by atoms with Crippen LogP contribution in [0, 0.1) is 5.82 Å². The summed E-state index contributed by atoms with van der Waals surface area (Å²) >= 11 is 0. The molecular weight excluding hydrogens is 403 g/mol. The summed E-state index contributed by atoms with van der Waals surface area (Å²) in [5, 5.41) is 3.63. The van der Waals surface area contributed by atoms with Crippen LogP contribution < -0.4 is 10.1 Å². The number of amides is 1. The van der Waals surface area contributed by atoms with Gasteiger partial charge in [0, 0.05) is 40.7 Å². The molecule has 3 aromatic rings. The summed E-state index contributed by atoms with van der Waals surface area (Å²) in [6.45, 7) is 0.288. The maximum atomic E-state index is 13.9. The van der Waals surface area contributed by atoms with Crippen molar-refractivity contribution in [1.82, 2.24) is 10.3 Å². The van der Waals surface area contributed by atoms with Crippen LogP contribution in [0.2, 0.25) is 0 Å². The number of rotatable bonds is 6. The predicted octanol–water partition coefficient (Wildman–Crippen LogP) is 3.09. The highest BCUT2D eigenvalue weighted by molar-refractivity contribution is 5.95. The first-order chi connectivity index (χ1) is 15.0. The van der Waals surface area contributed by atoms with E-state index in [1.54, 1.807) is 6.20 Å². The minimum absolute atomic E-state index is 0.0563. The Morgan fingerprint density at radius 3 is 3.00 bits per heavy atom. The molecule has 0 fully saturated rings. The van der Waals surface area contributed by atoms with Gasteiger partial charge in [0.2, 0.25) is 5.91 Å². The number of benzene rings is 2. The highest BCUT2D eigenvalue weighted by atomic mass is 19.1. The zero-order valence-corrected chi connectivity index (χ0v) is 16.8. The summed E-state index contributed by atoms with van der Waals surface area (Å²) in [6, 6.07) is 9.41. The maximum absolute atomic E-state index is 13.9. The summed E-state index contributed by atoms with van der Waals surface area (Å²) in [5.41, 5.74) is 2.80. The van der Waals surface area contributed by atoms with Crippen molar-refractivity contribution in [1.29, 1.82) is 0 Å². The fourth-order valence-corrected chi connectivity index (χ4v) is 3.57. The van der Waals surface area contributed by atoms with Crippen LogP contribution in [0.4, 0.5) is 4.39 Å². The minimum atomic E-state index is -0.882. The zero-order chi connectivity index (χ0) is 21.8. The van der Waals surface area contributed by atoms with Crippen molar-refractivity contribution >= 4 is 28.9 Å². The van der Waals surface area contributed by atoms with E-state index in [0.29, 0.717) is 16.9 Å². The van der Waals surface area contributed by atoms with Gasteiger partial charge >= 0.3 is 5.97 Å². The summed E-state index contributed by atoms with van der Waals surface area (Å²) < 4.78 is 29.3. The lowest BCUT2D eigenvalue weighted by molar-refractivity contribution is -0.144. The van der Waals surface area contributed by atoms with E-state index in [1.165, 1.54) is 31.4 Å². The average molecular weight is 424 g/mol. The van der Waals surface area contributed by atoms with Crippen molar-refractivity contribution in [2.24, 2.45) is 0 Å². The first kappa shape index (κ1) is 20.6. The Bertz CT molecular complexity index is 1150. The standard InChI is InChI=1S/C23H21FN2O5/c1-29-23(28)20(10-15-11-25-19-5-3-2-4-18(15)19)26-21(27)7-6-14-8-17(24)9-16-12-30-13-31-22(14)16/h2-9,11,20,25H,10,12-13H2,1H3,(H,26,27). The van der Waals surface area contributed by atoms with Crippen LogP contribution in [0.1, 0.15) is 16.7 Å². The molecule has 2 heterocycles. The first-order valence-corrected chi connectivity index (χ1v) is 9.69. The molecule has 2 N–H and O–H groups in total. The SMILES string of the molecule is COC(=O)C(Cc1c[nH]c2ccccc12)NC(=O)C=Cc1cc(F)cc2c1OCOC2. The lowest BCUT2D eigenvalue weighted by Gasteiger charge is -2.19. The van der Waals surface area contributed by atoms with E-state index in [-0.39, 0.29) is 19.8 Å². The summed E-state index contributed by atoms with van der Waals surface area (Å²) in [5.74, 6) is -1.06. The van der Waals surface area contributed by atoms with Crippen LogP contribution >= 0.6 is 0 Å². The second-order valence-corrected chi connectivity index (χ2v) is 7.08. The topological polar surface area (TPSA) is 89.7 Å². The molecule has 0 saturated carbocycles. The lowest BCUT2D eigenvalue weighted by atomic mass is 10.0. The van der Waals surface area contributed by atoms with E-state index in [9.17, 15) is 14.0 Å². The molecule has 0 spiro atoms. The summed E-state index contributed by atoms with van der Waals surface area (Å²) in [6.07, 6.45) is 4.74. The number of para-hydroxylation sites is 1. The second kappa shape index (κ2) is 9.01. The van der Waals surface area contributed by atoms with Crippen LogP contribution in [0.15, 0.2) is 48.7 Å². The van der Waals surface area contributed by atoms with Crippen LogP contribution in [0.3, 0.4) is 0 Å². The normalized spacial score (nSPS) is 14.1. The molecule has 4 rings (SSSR count). The number of halogens is 1. The maximum Gasteiger partial charge on any atom is 0.328 e. The third-order valence-electron chi connectivity index (χ3n) is 5.02. The Balaban J connectivity index is 1.51. The molecule has 160 valence electrons. The molecular formula is C23H21FN2O5. The van der Waals surface area contributed by atoms with Gasteiger partial charge in [0.05, 0.1) is 13.7 Å². The molecule has 1 atom stereocenters. The van der Waals surface area contributed by atoms with Gasteiger partial charge in [-0.2, -0.15) is 0 Å². The number of fused-ring (bicyclic) bond motifs is 2. The molecule has 7 nitrogen and oxygen atoms in total. The van der Waals surface area contributed by atoms with E-state index in [2.05, 4.69) is 10.3 Å². The van der Waals surface area contributed by atoms with Crippen LogP contribution in [0.25, 0.3) is 17.0 Å². The third kappa shape index (κ3) is 4.59. The summed E-state index contributed by atoms with van der Waals surface area (Å²) in [4.78, 5) is 27.9. The van der Waals surface area contributed by atoms with Crippen molar-refractivity contribution in [2.75, 3.05) is 13.9 Å². The molecule has 1 aromatic heterocycles. The highest BCUT2D eigenvalue weighted by Crippen LogP contribution is 2.30. The number of carbonyl (C=O) groups is 2. The largest absolute Gasteiger partial charge is 0.467 e. The highest BCUT2D eigenvalue weighted by Gasteiger charge is 2.23. The molecule has 1 amide bonds. The molecule has 0 aliphatic carbocycles. The smallest absolute Gasteiger partial charge is 0.328 e. The zero-order valence-electron chi connectivity index (χ0n) is 16.8. The second-order valence-electron chi connectivity index (χ2n) is 7.08. The van der Waals surface area contributed by atoms with Crippen LogP contribution in [0.5, 0.6) is 5.75 Å². The number of ether oxygens (including phenoxy) is 3. The van der Waals surface area contributed by atoms with Gasteiger partial charge in [0.1, 0.15) is 17.6 Å².